The number of hydrogen-bond acceptors (Lipinski definition) is 6. The van der Waals surface area contributed by atoms with Crippen molar-refractivity contribution in [2.75, 3.05) is 31.1 Å². The molecule has 1 amide bonds. The molecule has 0 aliphatic rings. The summed E-state index contributed by atoms with van der Waals surface area (Å²) in [5, 5.41) is 0.708. The van der Waals surface area contributed by atoms with Crippen LogP contribution in [-0.2, 0) is 0 Å². The fourth-order valence-corrected chi connectivity index (χ4v) is 4.86. The Labute approximate surface area is 199 Å². The normalized spacial score (nSPS) is 11.1. The van der Waals surface area contributed by atoms with E-state index in [1.165, 1.54) is 11.3 Å². The van der Waals surface area contributed by atoms with E-state index in [0.717, 1.165) is 39.8 Å². The van der Waals surface area contributed by atoms with Crippen LogP contribution in [0.1, 0.15) is 24.2 Å². The van der Waals surface area contributed by atoms with Crippen LogP contribution in [0.2, 0.25) is 0 Å². The molecule has 6 nitrogen and oxygen atoms in total. The summed E-state index contributed by atoms with van der Waals surface area (Å²) in [4.78, 5) is 31.0. The zero-order chi connectivity index (χ0) is 21.1. The van der Waals surface area contributed by atoms with Crippen molar-refractivity contribution in [1.82, 2.24) is 19.9 Å². The molecule has 0 radical (unpaired) electrons. The van der Waals surface area contributed by atoms with Gasteiger partial charge in [-0.1, -0.05) is 41.1 Å². The zero-order valence-corrected chi connectivity index (χ0v) is 20.5. The minimum absolute atomic E-state index is 0. The molecule has 0 fully saturated rings. The number of benzene rings is 2. The van der Waals surface area contributed by atoms with Gasteiger partial charge in [0, 0.05) is 35.5 Å². The number of halogens is 2. The van der Waals surface area contributed by atoms with Crippen molar-refractivity contribution >= 4 is 72.0 Å². The van der Waals surface area contributed by atoms with Gasteiger partial charge >= 0.3 is 0 Å². The molecule has 0 bridgehead atoms. The van der Waals surface area contributed by atoms with Gasteiger partial charge in [-0.2, -0.15) is 0 Å². The summed E-state index contributed by atoms with van der Waals surface area (Å²) in [6.45, 7) is 7.50. The third-order valence-corrected chi connectivity index (χ3v) is 6.60. The van der Waals surface area contributed by atoms with Crippen LogP contribution in [0.15, 0.2) is 53.3 Å². The Kier molecular flexibility index (Phi) is 7.94. The SMILES string of the molecule is CCN(CC)CCN(C(=O)c1ccc2nccnc2c1)c1nc2ccc(Br)cc2s1.Cl. The van der Waals surface area contributed by atoms with E-state index >= 15 is 0 Å². The number of carbonyl (C=O) groups excluding carboxylic acids is 1. The van der Waals surface area contributed by atoms with Crippen LogP contribution in [0.3, 0.4) is 0 Å². The van der Waals surface area contributed by atoms with E-state index in [4.69, 9.17) is 4.98 Å². The second-order valence-corrected chi connectivity index (χ2v) is 8.78. The Morgan fingerprint density at radius 3 is 2.42 bits per heavy atom. The molecule has 4 rings (SSSR count). The predicted molar refractivity (Wildman–Crippen MR) is 134 cm³/mol. The second kappa shape index (κ2) is 10.5. The topological polar surface area (TPSA) is 62.2 Å². The van der Waals surface area contributed by atoms with Gasteiger partial charge in [-0.05, 0) is 49.5 Å². The van der Waals surface area contributed by atoms with E-state index in [2.05, 4.69) is 44.6 Å². The molecule has 0 saturated heterocycles. The molecule has 0 saturated carbocycles. The molecule has 4 aromatic rings. The Bertz CT molecular complexity index is 1200. The highest BCUT2D eigenvalue weighted by Crippen LogP contribution is 2.31. The number of fused-ring (bicyclic) bond motifs is 2. The fraction of sp³-hybridized carbons (Fsp3) is 0.273. The second-order valence-electron chi connectivity index (χ2n) is 6.85. The average molecular weight is 521 g/mol. The maximum Gasteiger partial charge on any atom is 0.260 e. The Morgan fingerprint density at radius 1 is 0.968 bits per heavy atom. The summed E-state index contributed by atoms with van der Waals surface area (Å²) < 4.78 is 2.05. The number of thiazole rings is 1. The van der Waals surface area contributed by atoms with Crippen LogP contribution in [0, 0.1) is 0 Å². The summed E-state index contributed by atoms with van der Waals surface area (Å²) in [7, 11) is 0. The van der Waals surface area contributed by atoms with Crippen molar-refractivity contribution in [3.8, 4) is 0 Å². The van der Waals surface area contributed by atoms with Crippen LogP contribution in [0.25, 0.3) is 21.3 Å². The van der Waals surface area contributed by atoms with Gasteiger partial charge in [0.2, 0.25) is 0 Å². The van der Waals surface area contributed by atoms with Crippen molar-refractivity contribution in [2.24, 2.45) is 0 Å². The zero-order valence-electron chi connectivity index (χ0n) is 17.3. The molecule has 0 N–H and O–H groups in total. The average Bonchev–Trinajstić information content (AvgIpc) is 3.18. The van der Waals surface area contributed by atoms with Crippen LogP contribution >= 0.6 is 39.7 Å². The monoisotopic (exact) mass is 519 g/mol. The van der Waals surface area contributed by atoms with Crippen molar-refractivity contribution in [3.63, 3.8) is 0 Å². The quantitative estimate of drug-likeness (QED) is 0.326. The first-order valence-corrected chi connectivity index (χ1v) is 11.5. The van der Waals surface area contributed by atoms with Crippen molar-refractivity contribution < 1.29 is 4.79 Å². The molecule has 2 aromatic carbocycles. The molecule has 9 heteroatoms. The summed E-state index contributed by atoms with van der Waals surface area (Å²) in [6.07, 6.45) is 3.29. The smallest absolute Gasteiger partial charge is 0.260 e. The van der Waals surface area contributed by atoms with Gasteiger partial charge in [0.05, 0.1) is 21.3 Å². The highest BCUT2D eigenvalue weighted by Gasteiger charge is 2.22. The standard InChI is InChI=1S/C22H22BrN5OS.ClH/c1-3-27(4-2)11-12-28(22-26-18-8-6-16(23)14-20(18)30-22)21(29)15-5-7-17-19(13-15)25-10-9-24-17;/h5-10,13-14H,3-4,11-12H2,1-2H3;1H. The van der Waals surface area contributed by atoms with Gasteiger partial charge in [0.1, 0.15) is 0 Å². The highest BCUT2D eigenvalue weighted by atomic mass is 79.9. The fourth-order valence-electron chi connectivity index (χ4n) is 3.32. The number of likely N-dealkylation sites (N-methyl/N-ethyl adjacent to an activating group) is 1. The molecule has 162 valence electrons. The number of anilines is 1. The van der Waals surface area contributed by atoms with E-state index in [9.17, 15) is 4.79 Å². The highest BCUT2D eigenvalue weighted by molar-refractivity contribution is 9.10. The number of nitrogens with zero attached hydrogens (tertiary/aromatic N) is 5. The molecule has 31 heavy (non-hydrogen) atoms. The largest absolute Gasteiger partial charge is 0.302 e. The lowest BCUT2D eigenvalue weighted by molar-refractivity contribution is 0.0984. The van der Waals surface area contributed by atoms with E-state index < -0.39 is 0 Å². The molecule has 2 heterocycles. The lowest BCUT2D eigenvalue weighted by atomic mass is 10.1. The van der Waals surface area contributed by atoms with Crippen molar-refractivity contribution in [1.29, 1.82) is 0 Å². The lowest BCUT2D eigenvalue weighted by Crippen LogP contribution is -2.38. The first kappa shape index (κ1) is 23.5. The maximum absolute atomic E-state index is 13.5. The van der Waals surface area contributed by atoms with Gasteiger partial charge < -0.3 is 4.90 Å². The first-order chi connectivity index (χ1) is 14.6. The van der Waals surface area contributed by atoms with E-state index in [1.54, 1.807) is 23.4 Å². The minimum Gasteiger partial charge on any atom is -0.302 e. The number of hydrogen-bond donors (Lipinski definition) is 0. The predicted octanol–water partition coefficient (Wildman–Crippen LogP) is 5.41. The van der Waals surface area contributed by atoms with Crippen LogP contribution in [0.4, 0.5) is 5.13 Å². The van der Waals surface area contributed by atoms with Crippen molar-refractivity contribution in [2.45, 2.75) is 13.8 Å². The summed E-state index contributed by atoms with van der Waals surface area (Å²) >= 11 is 5.05. The Hall–Kier alpha value is -2.13. The van der Waals surface area contributed by atoms with Gasteiger partial charge in [0.25, 0.3) is 5.91 Å². The summed E-state index contributed by atoms with van der Waals surface area (Å²) in [5.41, 5.74) is 2.96. The first-order valence-electron chi connectivity index (χ1n) is 9.90. The minimum atomic E-state index is -0.0761. The maximum atomic E-state index is 13.5. The van der Waals surface area contributed by atoms with Gasteiger partial charge in [0.15, 0.2) is 5.13 Å². The third kappa shape index (κ3) is 5.20. The van der Waals surface area contributed by atoms with E-state index in [0.29, 0.717) is 22.8 Å². The Morgan fingerprint density at radius 2 is 1.68 bits per heavy atom. The molecule has 0 unspecified atom stereocenters. The molecule has 0 spiro atoms. The van der Waals surface area contributed by atoms with Crippen molar-refractivity contribution in [3.05, 3.63) is 58.8 Å². The van der Waals surface area contributed by atoms with E-state index in [1.807, 2.05) is 30.3 Å². The number of carbonyl (C=O) groups is 1. The summed E-state index contributed by atoms with van der Waals surface area (Å²) in [5.74, 6) is -0.0761. The molecular formula is C22H23BrClN5OS. The molecular weight excluding hydrogens is 498 g/mol. The third-order valence-electron chi connectivity index (χ3n) is 5.07. The molecule has 2 aromatic heterocycles. The lowest BCUT2D eigenvalue weighted by Gasteiger charge is -2.24. The number of aromatic nitrogens is 3. The van der Waals surface area contributed by atoms with Gasteiger partial charge in [-0.25, -0.2) is 4.98 Å². The molecule has 0 aliphatic heterocycles. The number of amides is 1. The molecule has 0 aliphatic carbocycles. The number of rotatable bonds is 7. The Balaban J connectivity index is 0.00000272. The van der Waals surface area contributed by atoms with Crippen LogP contribution in [-0.4, -0.2) is 51.9 Å². The van der Waals surface area contributed by atoms with E-state index in [-0.39, 0.29) is 18.3 Å². The van der Waals surface area contributed by atoms with Crippen LogP contribution < -0.4 is 4.90 Å². The summed E-state index contributed by atoms with van der Waals surface area (Å²) in [6, 6.07) is 11.4. The molecule has 0 atom stereocenters. The van der Waals surface area contributed by atoms with Gasteiger partial charge in [-0.15, -0.1) is 12.4 Å². The van der Waals surface area contributed by atoms with Crippen LogP contribution in [0.5, 0.6) is 0 Å². The van der Waals surface area contributed by atoms with Gasteiger partial charge in [-0.3, -0.25) is 19.7 Å².